The van der Waals surface area contributed by atoms with E-state index in [4.69, 9.17) is 9.98 Å². The maximum atomic E-state index is 5.22. The van der Waals surface area contributed by atoms with E-state index >= 15 is 0 Å². The van der Waals surface area contributed by atoms with E-state index in [2.05, 4.69) is 248 Å². The highest BCUT2D eigenvalue weighted by molar-refractivity contribution is 6.06. The third kappa shape index (κ3) is 9.02. The Kier molecular flexibility index (Phi) is 11.8. The minimum atomic E-state index is 0.738. The van der Waals surface area contributed by atoms with Gasteiger partial charge in [-0.15, -0.1) is 0 Å². The number of nitrogens with one attached hydrogen (secondary N) is 1. The van der Waals surface area contributed by atoms with Crippen molar-refractivity contribution in [3.63, 3.8) is 0 Å². The number of benzene rings is 9. The van der Waals surface area contributed by atoms with Crippen LogP contribution >= 0.6 is 0 Å². The van der Waals surface area contributed by atoms with Crippen molar-refractivity contribution in [3.8, 4) is 78.1 Å². The van der Waals surface area contributed by atoms with E-state index in [9.17, 15) is 0 Å². The van der Waals surface area contributed by atoms with Crippen molar-refractivity contribution in [2.75, 3.05) is 0 Å². The highest BCUT2D eigenvalue weighted by Crippen LogP contribution is 2.44. The first-order valence-corrected chi connectivity index (χ1v) is 23.2. The van der Waals surface area contributed by atoms with E-state index in [-0.39, 0.29) is 0 Å². The van der Waals surface area contributed by atoms with Crippen LogP contribution in [-0.4, -0.2) is 10.8 Å². The van der Waals surface area contributed by atoms with Gasteiger partial charge in [0.1, 0.15) is 5.84 Å². The van der Waals surface area contributed by atoms with Crippen molar-refractivity contribution in [3.05, 3.63) is 284 Å². The lowest BCUT2D eigenvalue weighted by Gasteiger charge is -2.20. The molecule has 2 heterocycles. The standard InChI is InChI=1S/C65H47N3/c1-7-21-46(22-8-1)58-42-56(54-33-19-34-55(41-54)57-44-62(49-27-13-4-14-28-49)66-63(45-57)50-29-15-5-16-30-50)43-59(47-23-9-2-10-24-47)64(58)52-39-37-51(38-40-52)61-36-20-35-60(48-25-11-3-12-26-48)67-65(68-61)53-31-17-6-18-32-53/h1-19,21-45H,20H2,(H,67,68)/b60-35?,61-36-. The van der Waals surface area contributed by atoms with Crippen molar-refractivity contribution in [1.29, 1.82) is 0 Å². The Morgan fingerprint density at radius 1 is 0.294 bits per heavy atom. The quantitative estimate of drug-likeness (QED) is 0.149. The molecule has 68 heavy (non-hydrogen) atoms. The third-order valence-electron chi connectivity index (χ3n) is 12.5. The second-order valence-corrected chi connectivity index (χ2v) is 17.0. The molecular weight excluding hydrogens is 823 g/mol. The summed E-state index contributed by atoms with van der Waals surface area (Å²) in [6.07, 6.45) is 5.21. The number of aromatic nitrogens is 1. The van der Waals surface area contributed by atoms with Crippen molar-refractivity contribution in [2.24, 2.45) is 4.99 Å². The van der Waals surface area contributed by atoms with Crippen LogP contribution in [0.25, 0.3) is 89.5 Å². The zero-order valence-electron chi connectivity index (χ0n) is 37.5. The molecule has 11 rings (SSSR count). The molecule has 0 unspecified atom stereocenters. The molecule has 0 aliphatic carbocycles. The first-order chi connectivity index (χ1) is 33.7. The Morgan fingerprint density at radius 3 is 1.21 bits per heavy atom. The Hall–Kier alpha value is -8.92. The van der Waals surface area contributed by atoms with Crippen LogP contribution in [-0.2, 0) is 0 Å². The summed E-state index contributed by atoms with van der Waals surface area (Å²) < 4.78 is 0. The Morgan fingerprint density at radius 2 is 0.706 bits per heavy atom. The van der Waals surface area contributed by atoms with Crippen LogP contribution in [0.4, 0.5) is 0 Å². The molecule has 0 amide bonds. The molecule has 0 atom stereocenters. The van der Waals surface area contributed by atoms with Crippen molar-refractivity contribution in [1.82, 2.24) is 10.3 Å². The van der Waals surface area contributed by atoms with Crippen LogP contribution in [0.2, 0.25) is 0 Å². The Balaban J connectivity index is 1.02. The molecule has 1 aliphatic rings. The molecule has 0 saturated carbocycles. The van der Waals surface area contributed by atoms with Crippen molar-refractivity contribution in [2.45, 2.75) is 6.42 Å². The molecular formula is C65H47N3. The van der Waals surface area contributed by atoms with Gasteiger partial charge in [0.25, 0.3) is 0 Å². The molecule has 10 aromatic rings. The summed E-state index contributed by atoms with van der Waals surface area (Å²) in [6.45, 7) is 0. The average molecular weight is 870 g/mol. The molecule has 0 fully saturated rings. The summed E-state index contributed by atoms with van der Waals surface area (Å²) in [6, 6.07) is 90.4. The Labute approximate surface area is 398 Å². The maximum absolute atomic E-state index is 5.22. The number of hydrogen-bond acceptors (Lipinski definition) is 3. The molecule has 0 radical (unpaired) electrons. The molecule has 3 nitrogen and oxygen atoms in total. The van der Waals surface area contributed by atoms with Crippen molar-refractivity contribution < 1.29 is 0 Å². The molecule has 0 spiro atoms. The van der Waals surface area contributed by atoms with Gasteiger partial charge in [0.15, 0.2) is 0 Å². The zero-order valence-corrected chi connectivity index (χ0v) is 37.5. The molecule has 322 valence electrons. The first kappa shape index (κ1) is 41.8. The molecule has 1 N–H and O–H groups in total. The highest BCUT2D eigenvalue weighted by Gasteiger charge is 2.19. The van der Waals surface area contributed by atoms with E-state index in [0.29, 0.717) is 0 Å². The van der Waals surface area contributed by atoms with Crippen LogP contribution in [0.3, 0.4) is 0 Å². The number of amidine groups is 1. The Bertz CT molecular complexity index is 3320. The van der Waals surface area contributed by atoms with E-state index in [0.717, 1.165) is 102 Å². The summed E-state index contributed by atoms with van der Waals surface area (Å²) in [5, 5.41) is 3.75. The summed E-state index contributed by atoms with van der Waals surface area (Å²) in [4.78, 5) is 10.4. The van der Waals surface area contributed by atoms with Gasteiger partial charge in [0.2, 0.25) is 0 Å². The third-order valence-corrected chi connectivity index (χ3v) is 12.5. The second-order valence-electron chi connectivity index (χ2n) is 17.0. The van der Waals surface area contributed by atoms with Gasteiger partial charge < -0.3 is 5.32 Å². The lowest BCUT2D eigenvalue weighted by molar-refractivity contribution is 1.21. The van der Waals surface area contributed by atoms with Gasteiger partial charge in [-0.3, -0.25) is 0 Å². The first-order valence-electron chi connectivity index (χ1n) is 23.2. The fourth-order valence-electron chi connectivity index (χ4n) is 9.09. The molecule has 9 aromatic carbocycles. The van der Waals surface area contributed by atoms with Crippen molar-refractivity contribution >= 4 is 17.2 Å². The van der Waals surface area contributed by atoms with E-state index in [1.165, 1.54) is 16.7 Å². The van der Waals surface area contributed by atoms with E-state index in [1.54, 1.807) is 0 Å². The van der Waals surface area contributed by atoms with Crippen LogP contribution in [0.15, 0.2) is 272 Å². The SMILES string of the molecule is C1=C(c2ccccc2)N=C(c2ccccc2)N/C(c2ccc(-c3c(-c4ccccc4)cc(-c4cccc(-c5cc(-c6ccccc6)nc(-c6ccccc6)c5)c4)cc3-c3ccccc3)cc2)=C\C1. The molecule has 1 aromatic heterocycles. The van der Waals surface area contributed by atoms with Gasteiger partial charge >= 0.3 is 0 Å². The van der Waals surface area contributed by atoms with Crippen LogP contribution in [0.5, 0.6) is 0 Å². The molecule has 1 aliphatic heterocycles. The van der Waals surface area contributed by atoms with Crippen LogP contribution < -0.4 is 5.32 Å². The summed E-state index contributed by atoms with van der Waals surface area (Å²) in [7, 11) is 0. The topological polar surface area (TPSA) is 37.3 Å². The smallest absolute Gasteiger partial charge is 0.138 e. The number of hydrogen-bond donors (Lipinski definition) is 1. The predicted octanol–water partition coefficient (Wildman–Crippen LogP) is 16.6. The van der Waals surface area contributed by atoms with Gasteiger partial charge in [-0.1, -0.05) is 237 Å². The van der Waals surface area contributed by atoms with Gasteiger partial charge in [0, 0.05) is 22.4 Å². The number of aliphatic imine (C=N–C) groups is 1. The highest BCUT2D eigenvalue weighted by atomic mass is 15.0. The number of nitrogens with zero attached hydrogens (tertiary/aromatic N) is 2. The lowest BCUT2D eigenvalue weighted by Crippen LogP contribution is -2.24. The van der Waals surface area contributed by atoms with Crippen LogP contribution in [0.1, 0.15) is 23.1 Å². The van der Waals surface area contributed by atoms with Gasteiger partial charge in [0.05, 0.1) is 17.1 Å². The monoisotopic (exact) mass is 869 g/mol. The zero-order chi connectivity index (χ0) is 45.5. The number of allylic oxidation sites excluding steroid dienone is 2. The van der Waals surface area contributed by atoms with Gasteiger partial charge in [-0.2, -0.15) is 0 Å². The second kappa shape index (κ2) is 19.3. The summed E-state index contributed by atoms with van der Waals surface area (Å²) in [5.41, 5.74) is 20.7. The van der Waals surface area contributed by atoms with Gasteiger partial charge in [-0.05, 0) is 104 Å². The number of pyridine rings is 1. The fraction of sp³-hybridized carbons (Fsp3) is 0.0154. The maximum Gasteiger partial charge on any atom is 0.138 e. The van der Waals surface area contributed by atoms with E-state index < -0.39 is 0 Å². The molecule has 0 saturated heterocycles. The summed E-state index contributed by atoms with van der Waals surface area (Å²) >= 11 is 0. The van der Waals surface area contributed by atoms with E-state index in [1.807, 2.05) is 24.3 Å². The normalized spacial score (nSPS) is 13.2. The summed E-state index contributed by atoms with van der Waals surface area (Å²) in [5.74, 6) is 0.810. The van der Waals surface area contributed by atoms with Crippen LogP contribution in [0, 0.1) is 0 Å². The fourth-order valence-corrected chi connectivity index (χ4v) is 9.09. The predicted molar refractivity (Wildman–Crippen MR) is 285 cm³/mol. The average Bonchev–Trinajstić information content (AvgIpc) is 3.42. The largest absolute Gasteiger partial charge is 0.339 e. The number of rotatable bonds is 10. The minimum absolute atomic E-state index is 0.738. The lowest BCUT2D eigenvalue weighted by atomic mass is 9.84. The molecule has 3 heteroatoms. The minimum Gasteiger partial charge on any atom is -0.339 e. The molecule has 0 bridgehead atoms. The van der Waals surface area contributed by atoms with Gasteiger partial charge in [-0.25, -0.2) is 9.98 Å².